The SMILES string of the molecule is O=C(NCC1CC1)c1nnc2n1CCCC21CCN(C(=O)c2cc(C3CC3)on2)CC1. The van der Waals surface area contributed by atoms with Crippen LogP contribution >= 0.6 is 0 Å². The molecule has 2 aromatic heterocycles. The first-order valence-corrected chi connectivity index (χ1v) is 11.6. The number of fused-ring (bicyclic) bond motifs is 2. The Hall–Kier alpha value is -2.71. The van der Waals surface area contributed by atoms with Gasteiger partial charge in [0.25, 0.3) is 11.8 Å². The number of nitrogens with one attached hydrogen (secondary N) is 1. The lowest BCUT2D eigenvalue weighted by atomic mass is 9.72. The Bertz CT molecular complexity index is 1010. The van der Waals surface area contributed by atoms with Crippen LogP contribution in [-0.2, 0) is 12.0 Å². The Morgan fingerprint density at radius 1 is 1.10 bits per heavy atom. The summed E-state index contributed by atoms with van der Waals surface area (Å²) in [5.74, 6) is 3.10. The van der Waals surface area contributed by atoms with Crippen molar-refractivity contribution in [3.8, 4) is 0 Å². The highest BCUT2D eigenvalue weighted by molar-refractivity contribution is 5.92. The highest BCUT2D eigenvalue weighted by Crippen LogP contribution is 2.43. The molecule has 0 bridgehead atoms. The van der Waals surface area contributed by atoms with E-state index >= 15 is 0 Å². The fourth-order valence-electron chi connectivity index (χ4n) is 5.12. The monoisotopic (exact) mass is 424 g/mol. The number of hydrogen-bond donors (Lipinski definition) is 1. The number of amides is 2. The number of nitrogens with zero attached hydrogens (tertiary/aromatic N) is 5. The van der Waals surface area contributed by atoms with E-state index in [1.165, 1.54) is 12.8 Å². The van der Waals surface area contributed by atoms with Gasteiger partial charge in [0.1, 0.15) is 11.6 Å². The summed E-state index contributed by atoms with van der Waals surface area (Å²) in [5.41, 5.74) is 0.305. The quantitative estimate of drug-likeness (QED) is 0.789. The summed E-state index contributed by atoms with van der Waals surface area (Å²) >= 11 is 0. The lowest BCUT2D eigenvalue weighted by Gasteiger charge is -2.43. The van der Waals surface area contributed by atoms with E-state index in [0.29, 0.717) is 36.4 Å². The molecule has 1 saturated heterocycles. The minimum atomic E-state index is -0.118. The van der Waals surface area contributed by atoms with Crippen molar-refractivity contribution in [2.45, 2.75) is 69.2 Å². The normalized spacial score (nSPS) is 22.4. The molecule has 1 N–H and O–H groups in total. The first-order chi connectivity index (χ1) is 15.1. The molecule has 31 heavy (non-hydrogen) atoms. The van der Waals surface area contributed by atoms with Gasteiger partial charge in [0.2, 0.25) is 5.82 Å². The van der Waals surface area contributed by atoms with E-state index in [0.717, 1.165) is 63.2 Å². The van der Waals surface area contributed by atoms with Crippen molar-refractivity contribution >= 4 is 11.8 Å². The van der Waals surface area contributed by atoms with E-state index in [9.17, 15) is 9.59 Å². The third kappa shape index (κ3) is 3.43. The fraction of sp³-hybridized carbons (Fsp3) is 0.682. The standard InChI is InChI=1S/C22H28N6O3/c29-19(23-13-14-2-3-14)18-24-25-21-22(6-1-9-28(18)21)7-10-27(11-8-22)20(30)16-12-17(31-26-16)15-4-5-15/h12,14-15H,1-11,13H2,(H,23,29). The zero-order valence-electron chi connectivity index (χ0n) is 17.7. The second-order valence-corrected chi connectivity index (χ2v) is 9.72. The van der Waals surface area contributed by atoms with Crippen LogP contribution in [0.3, 0.4) is 0 Å². The molecule has 2 aliphatic carbocycles. The largest absolute Gasteiger partial charge is 0.360 e. The van der Waals surface area contributed by atoms with Crippen LogP contribution in [0.1, 0.15) is 90.0 Å². The number of carbonyl (C=O) groups excluding carboxylic acids is 2. The summed E-state index contributed by atoms with van der Waals surface area (Å²) in [6.07, 6.45) is 8.32. The minimum Gasteiger partial charge on any atom is -0.360 e. The number of likely N-dealkylation sites (tertiary alicyclic amines) is 1. The van der Waals surface area contributed by atoms with E-state index in [1.54, 1.807) is 0 Å². The molecule has 0 unspecified atom stereocenters. The number of carbonyl (C=O) groups is 2. The van der Waals surface area contributed by atoms with Gasteiger partial charge < -0.3 is 19.3 Å². The van der Waals surface area contributed by atoms with Crippen LogP contribution < -0.4 is 5.32 Å². The van der Waals surface area contributed by atoms with E-state index in [1.807, 2.05) is 15.5 Å². The van der Waals surface area contributed by atoms with Gasteiger partial charge in [-0.05, 0) is 57.3 Å². The molecule has 2 saturated carbocycles. The van der Waals surface area contributed by atoms with Crippen molar-refractivity contribution in [3.05, 3.63) is 29.2 Å². The smallest absolute Gasteiger partial charge is 0.289 e. The Kier molecular flexibility index (Phi) is 4.40. The first-order valence-electron chi connectivity index (χ1n) is 11.6. The van der Waals surface area contributed by atoms with Gasteiger partial charge in [-0.15, -0.1) is 10.2 Å². The molecule has 0 radical (unpaired) electrons. The minimum absolute atomic E-state index is 0.0529. The molecular weight excluding hydrogens is 396 g/mol. The van der Waals surface area contributed by atoms with Crippen molar-refractivity contribution in [3.63, 3.8) is 0 Å². The van der Waals surface area contributed by atoms with E-state index in [4.69, 9.17) is 4.52 Å². The third-order valence-electron chi connectivity index (χ3n) is 7.45. The van der Waals surface area contributed by atoms with Gasteiger partial charge in [-0.3, -0.25) is 9.59 Å². The maximum atomic E-state index is 12.9. The number of piperidine rings is 1. The summed E-state index contributed by atoms with van der Waals surface area (Å²) in [4.78, 5) is 27.4. The molecule has 0 atom stereocenters. The highest BCUT2D eigenvalue weighted by atomic mass is 16.5. The highest BCUT2D eigenvalue weighted by Gasteiger charge is 2.44. The van der Waals surface area contributed by atoms with Gasteiger partial charge in [-0.1, -0.05) is 5.16 Å². The Balaban J connectivity index is 1.15. The van der Waals surface area contributed by atoms with Crippen molar-refractivity contribution in [2.75, 3.05) is 19.6 Å². The molecule has 9 heteroatoms. The summed E-state index contributed by atoms with van der Waals surface area (Å²) in [5, 5.41) is 15.8. The van der Waals surface area contributed by atoms with E-state index < -0.39 is 0 Å². The van der Waals surface area contributed by atoms with Crippen LogP contribution in [-0.4, -0.2) is 56.3 Å². The van der Waals surface area contributed by atoms with Crippen LogP contribution in [0, 0.1) is 5.92 Å². The number of rotatable bonds is 5. The maximum Gasteiger partial charge on any atom is 0.289 e. The van der Waals surface area contributed by atoms with Gasteiger partial charge in [0, 0.05) is 43.6 Å². The zero-order valence-corrected chi connectivity index (χ0v) is 17.7. The lowest BCUT2D eigenvalue weighted by molar-refractivity contribution is 0.0624. The molecule has 1 spiro atoms. The Morgan fingerprint density at radius 2 is 1.90 bits per heavy atom. The molecule has 3 fully saturated rings. The van der Waals surface area contributed by atoms with Gasteiger partial charge in [0.05, 0.1) is 0 Å². The molecule has 2 amide bonds. The Morgan fingerprint density at radius 3 is 2.65 bits per heavy atom. The average Bonchev–Trinajstić information content (AvgIpc) is 3.72. The van der Waals surface area contributed by atoms with Crippen LogP contribution in [0.2, 0.25) is 0 Å². The summed E-state index contributed by atoms with van der Waals surface area (Å²) in [6, 6.07) is 1.81. The molecule has 0 aromatic carbocycles. The van der Waals surface area contributed by atoms with Gasteiger partial charge in [-0.25, -0.2) is 0 Å². The second kappa shape index (κ2) is 7.17. The maximum absolute atomic E-state index is 12.9. The van der Waals surface area contributed by atoms with E-state index in [2.05, 4.69) is 20.7 Å². The van der Waals surface area contributed by atoms with Gasteiger partial charge in [0.15, 0.2) is 5.69 Å². The second-order valence-electron chi connectivity index (χ2n) is 9.72. The first kappa shape index (κ1) is 19.0. The summed E-state index contributed by atoms with van der Waals surface area (Å²) in [7, 11) is 0. The van der Waals surface area contributed by atoms with Crippen LogP contribution in [0.15, 0.2) is 10.6 Å². The van der Waals surface area contributed by atoms with Crippen LogP contribution in [0.5, 0.6) is 0 Å². The topological polar surface area (TPSA) is 106 Å². The van der Waals surface area contributed by atoms with Gasteiger partial charge >= 0.3 is 0 Å². The summed E-state index contributed by atoms with van der Waals surface area (Å²) in [6.45, 7) is 2.82. The van der Waals surface area contributed by atoms with Crippen LogP contribution in [0.25, 0.3) is 0 Å². The van der Waals surface area contributed by atoms with Crippen molar-refractivity contribution < 1.29 is 14.1 Å². The average molecular weight is 425 g/mol. The predicted molar refractivity (Wildman–Crippen MR) is 110 cm³/mol. The van der Waals surface area contributed by atoms with Gasteiger partial charge in [-0.2, -0.15) is 0 Å². The van der Waals surface area contributed by atoms with Crippen molar-refractivity contribution in [1.29, 1.82) is 0 Å². The lowest BCUT2D eigenvalue weighted by Crippen LogP contribution is -2.48. The molecule has 2 aliphatic heterocycles. The molecule has 6 rings (SSSR count). The molecule has 4 heterocycles. The predicted octanol–water partition coefficient (Wildman–Crippen LogP) is 2.25. The Labute approximate surface area is 180 Å². The zero-order chi connectivity index (χ0) is 21.0. The number of aromatic nitrogens is 4. The molecule has 4 aliphatic rings. The molecule has 2 aromatic rings. The summed E-state index contributed by atoms with van der Waals surface area (Å²) < 4.78 is 7.38. The van der Waals surface area contributed by atoms with Crippen LogP contribution in [0.4, 0.5) is 0 Å². The van der Waals surface area contributed by atoms with Crippen molar-refractivity contribution in [1.82, 2.24) is 30.1 Å². The number of hydrogen-bond acceptors (Lipinski definition) is 6. The fourth-order valence-corrected chi connectivity index (χ4v) is 5.12. The molecule has 9 nitrogen and oxygen atoms in total. The van der Waals surface area contributed by atoms with Crippen molar-refractivity contribution in [2.24, 2.45) is 5.92 Å². The molecule has 164 valence electrons. The molecular formula is C22H28N6O3. The van der Waals surface area contributed by atoms with E-state index in [-0.39, 0.29) is 17.2 Å². The third-order valence-corrected chi connectivity index (χ3v) is 7.45.